The molecular weight excluding hydrogens is 344 g/mol. The molecule has 1 aromatic carbocycles. The number of rotatable bonds is 4. The molecule has 1 aromatic rings. The van der Waals surface area contributed by atoms with Gasteiger partial charge in [0.25, 0.3) is 0 Å². The number of piperazine rings is 2. The standard InChI is InChI=1S/C20H28N4O3/c1-16-4-3-5-18(17(16)2)22-10-12-24(13-11-22)20(27)14-19(26)23-8-6-21(15-25)7-9-23/h3-5,15H,6-14H2,1-2H3. The molecule has 0 N–H and O–H groups in total. The number of anilines is 1. The maximum absolute atomic E-state index is 12.5. The molecule has 2 heterocycles. The number of nitrogens with zero attached hydrogens (tertiary/aromatic N) is 4. The molecule has 2 aliphatic heterocycles. The largest absolute Gasteiger partial charge is 0.368 e. The van der Waals surface area contributed by atoms with Gasteiger partial charge in [-0.05, 0) is 31.0 Å². The fraction of sp³-hybridized carbons (Fsp3) is 0.550. The van der Waals surface area contributed by atoms with Gasteiger partial charge in [0.05, 0.1) is 0 Å². The van der Waals surface area contributed by atoms with E-state index in [2.05, 4.69) is 36.9 Å². The number of hydrogen-bond donors (Lipinski definition) is 0. The third-order valence-electron chi connectivity index (χ3n) is 5.67. The normalized spacial score (nSPS) is 17.9. The molecule has 2 aliphatic rings. The number of carbonyl (C=O) groups excluding carboxylic acids is 3. The highest BCUT2D eigenvalue weighted by Crippen LogP contribution is 2.24. The van der Waals surface area contributed by atoms with Crippen molar-refractivity contribution >= 4 is 23.9 Å². The van der Waals surface area contributed by atoms with Crippen LogP contribution in [0.3, 0.4) is 0 Å². The Labute approximate surface area is 160 Å². The first-order valence-corrected chi connectivity index (χ1v) is 9.55. The van der Waals surface area contributed by atoms with Crippen LogP contribution in [0.4, 0.5) is 5.69 Å². The summed E-state index contributed by atoms with van der Waals surface area (Å²) in [5.41, 5.74) is 3.78. The second-order valence-electron chi connectivity index (χ2n) is 7.29. The first-order chi connectivity index (χ1) is 13.0. The highest BCUT2D eigenvalue weighted by atomic mass is 16.2. The van der Waals surface area contributed by atoms with E-state index in [1.807, 2.05) is 0 Å². The smallest absolute Gasteiger partial charge is 0.232 e. The van der Waals surface area contributed by atoms with Gasteiger partial charge in [-0.3, -0.25) is 14.4 Å². The molecule has 7 heteroatoms. The Balaban J connectivity index is 1.49. The maximum Gasteiger partial charge on any atom is 0.232 e. The van der Waals surface area contributed by atoms with Gasteiger partial charge >= 0.3 is 0 Å². The van der Waals surface area contributed by atoms with Crippen molar-refractivity contribution in [2.45, 2.75) is 20.3 Å². The maximum atomic E-state index is 12.5. The van der Waals surface area contributed by atoms with Gasteiger partial charge in [0.1, 0.15) is 6.42 Å². The van der Waals surface area contributed by atoms with Crippen molar-refractivity contribution in [1.29, 1.82) is 0 Å². The summed E-state index contributed by atoms with van der Waals surface area (Å²) < 4.78 is 0. The molecule has 2 saturated heterocycles. The zero-order valence-electron chi connectivity index (χ0n) is 16.2. The van der Waals surface area contributed by atoms with Crippen LogP contribution < -0.4 is 4.90 Å². The molecular formula is C20H28N4O3. The topological polar surface area (TPSA) is 64.2 Å². The van der Waals surface area contributed by atoms with Gasteiger partial charge in [0.2, 0.25) is 18.2 Å². The minimum Gasteiger partial charge on any atom is -0.368 e. The van der Waals surface area contributed by atoms with Crippen molar-refractivity contribution in [3.63, 3.8) is 0 Å². The highest BCUT2D eigenvalue weighted by Gasteiger charge is 2.27. The van der Waals surface area contributed by atoms with E-state index in [0.29, 0.717) is 39.3 Å². The average Bonchev–Trinajstić information content (AvgIpc) is 2.70. The summed E-state index contributed by atoms with van der Waals surface area (Å²) in [6, 6.07) is 6.31. The summed E-state index contributed by atoms with van der Waals surface area (Å²) in [6.45, 7) is 9.16. The Morgan fingerprint density at radius 2 is 1.44 bits per heavy atom. The Morgan fingerprint density at radius 3 is 2.00 bits per heavy atom. The van der Waals surface area contributed by atoms with Gasteiger partial charge in [-0.15, -0.1) is 0 Å². The van der Waals surface area contributed by atoms with Crippen LogP contribution in [0.25, 0.3) is 0 Å². The number of amides is 3. The van der Waals surface area contributed by atoms with Crippen LogP contribution in [0.2, 0.25) is 0 Å². The van der Waals surface area contributed by atoms with Crippen molar-refractivity contribution < 1.29 is 14.4 Å². The van der Waals surface area contributed by atoms with Gasteiger partial charge in [-0.25, -0.2) is 0 Å². The quantitative estimate of drug-likeness (QED) is 0.575. The van der Waals surface area contributed by atoms with E-state index in [0.717, 1.165) is 19.5 Å². The molecule has 2 fully saturated rings. The van der Waals surface area contributed by atoms with Gasteiger partial charge < -0.3 is 19.6 Å². The second kappa shape index (κ2) is 8.41. The van der Waals surface area contributed by atoms with Crippen molar-refractivity contribution in [2.24, 2.45) is 0 Å². The third-order valence-corrected chi connectivity index (χ3v) is 5.67. The zero-order chi connectivity index (χ0) is 19.4. The first-order valence-electron chi connectivity index (χ1n) is 9.55. The molecule has 0 spiro atoms. The molecule has 0 aliphatic carbocycles. The van der Waals surface area contributed by atoms with Crippen molar-refractivity contribution in [1.82, 2.24) is 14.7 Å². The van der Waals surface area contributed by atoms with Crippen LogP contribution in [0.1, 0.15) is 17.5 Å². The predicted molar refractivity (Wildman–Crippen MR) is 104 cm³/mol. The van der Waals surface area contributed by atoms with Crippen LogP contribution >= 0.6 is 0 Å². The fourth-order valence-corrected chi connectivity index (χ4v) is 3.70. The predicted octanol–water partition coefficient (Wildman–Crippen LogP) is 0.643. The Kier molecular flexibility index (Phi) is 5.98. The molecule has 7 nitrogen and oxygen atoms in total. The zero-order valence-corrected chi connectivity index (χ0v) is 16.2. The lowest BCUT2D eigenvalue weighted by Crippen LogP contribution is -2.51. The summed E-state index contributed by atoms with van der Waals surface area (Å²) in [5.74, 6) is -0.235. The summed E-state index contributed by atoms with van der Waals surface area (Å²) in [7, 11) is 0. The van der Waals surface area contributed by atoms with Crippen LogP contribution in [-0.2, 0) is 14.4 Å². The molecule has 0 unspecified atom stereocenters. The van der Waals surface area contributed by atoms with E-state index in [9.17, 15) is 14.4 Å². The molecule has 27 heavy (non-hydrogen) atoms. The number of aryl methyl sites for hydroxylation is 1. The molecule has 0 saturated carbocycles. The Bertz CT molecular complexity index is 705. The Hall–Kier alpha value is -2.57. The first kappa shape index (κ1) is 19.2. The molecule has 146 valence electrons. The Morgan fingerprint density at radius 1 is 0.889 bits per heavy atom. The van der Waals surface area contributed by atoms with Crippen molar-refractivity contribution in [3.05, 3.63) is 29.3 Å². The average molecular weight is 372 g/mol. The van der Waals surface area contributed by atoms with Crippen LogP contribution in [0, 0.1) is 13.8 Å². The fourth-order valence-electron chi connectivity index (χ4n) is 3.70. The number of benzene rings is 1. The SMILES string of the molecule is Cc1cccc(N2CCN(C(=O)CC(=O)N3CCN(C=O)CC3)CC2)c1C. The molecule has 0 radical (unpaired) electrons. The lowest BCUT2D eigenvalue weighted by Gasteiger charge is -2.37. The van der Waals surface area contributed by atoms with E-state index in [1.54, 1.807) is 14.7 Å². The van der Waals surface area contributed by atoms with Gasteiger partial charge in [-0.2, -0.15) is 0 Å². The van der Waals surface area contributed by atoms with E-state index >= 15 is 0 Å². The number of hydrogen-bond acceptors (Lipinski definition) is 4. The molecule has 3 amide bonds. The number of carbonyl (C=O) groups is 3. The second-order valence-corrected chi connectivity index (χ2v) is 7.29. The highest BCUT2D eigenvalue weighted by molar-refractivity contribution is 5.97. The third kappa shape index (κ3) is 4.40. The molecule has 0 bridgehead atoms. The van der Waals surface area contributed by atoms with Gasteiger partial charge in [0.15, 0.2) is 0 Å². The van der Waals surface area contributed by atoms with E-state index < -0.39 is 0 Å². The van der Waals surface area contributed by atoms with E-state index in [4.69, 9.17) is 0 Å². The molecule has 0 atom stereocenters. The monoisotopic (exact) mass is 372 g/mol. The lowest BCUT2D eigenvalue weighted by molar-refractivity contribution is -0.142. The van der Waals surface area contributed by atoms with E-state index in [-0.39, 0.29) is 18.2 Å². The minimum atomic E-state index is -0.137. The molecule has 3 rings (SSSR count). The van der Waals surface area contributed by atoms with Gasteiger partial charge in [0, 0.05) is 58.0 Å². The van der Waals surface area contributed by atoms with Gasteiger partial charge in [-0.1, -0.05) is 12.1 Å². The lowest BCUT2D eigenvalue weighted by atomic mass is 10.1. The van der Waals surface area contributed by atoms with Crippen molar-refractivity contribution in [3.8, 4) is 0 Å². The summed E-state index contributed by atoms with van der Waals surface area (Å²) in [5, 5.41) is 0. The summed E-state index contributed by atoms with van der Waals surface area (Å²) >= 11 is 0. The molecule has 0 aromatic heterocycles. The van der Waals surface area contributed by atoms with Crippen molar-refractivity contribution in [2.75, 3.05) is 57.3 Å². The minimum absolute atomic E-state index is 0.0788. The van der Waals surface area contributed by atoms with E-state index in [1.165, 1.54) is 16.8 Å². The van der Waals surface area contributed by atoms with Crippen LogP contribution in [0.5, 0.6) is 0 Å². The summed E-state index contributed by atoms with van der Waals surface area (Å²) in [4.78, 5) is 43.1. The van der Waals surface area contributed by atoms with Crippen LogP contribution in [-0.4, -0.2) is 85.3 Å². The summed E-state index contributed by atoms with van der Waals surface area (Å²) in [6.07, 6.45) is 0.729. The van der Waals surface area contributed by atoms with Crippen LogP contribution in [0.15, 0.2) is 18.2 Å².